The van der Waals surface area contributed by atoms with Gasteiger partial charge in [0.1, 0.15) is 5.75 Å². The van der Waals surface area contributed by atoms with Crippen LogP contribution < -0.4 is 14.8 Å². The SMILES string of the molecule is O=C(C[S@@](=O)Cc1csc(Br)c1)Nc1ccc2c(c1)OC(F)(F)O2. The van der Waals surface area contributed by atoms with Gasteiger partial charge in [0.15, 0.2) is 11.5 Å². The molecule has 5 nitrogen and oxygen atoms in total. The fourth-order valence-corrected chi connectivity index (χ4v) is 4.35. The molecule has 1 aromatic carbocycles. The lowest BCUT2D eigenvalue weighted by Gasteiger charge is -2.06. The Balaban J connectivity index is 1.57. The second kappa shape index (κ2) is 6.77. The molecule has 1 aliphatic heterocycles. The second-order valence-electron chi connectivity index (χ2n) is 4.86. The number of hydrogen-bond acceptors (Lipinski definition) is 5. The van der Waals surface area contributed by atoms with Crippen molar-refractivity contribution in [2.75, 3.05) is 11.1 Å². The number of hydrogen-bond donors (Lipinski definition) is 1. The van der Waals surface area contributed by atoms with Crippen molar-refractivity contribution in [1.29, 1.82) is 0 Å². The molecule has 0 aliphatic carbocycles. The van der Waals surface area contributed by atoms with Crippen molar-refractivity contribution in [3.05, 3.63) is 39.0 Å². The van der Waals surface area contributed by atoms with Crippen LogP contribution in [0.15, 0.2) is 33.4 Å². The molecule has 1 amide bonds. The lowest BCUT2D eigenvalue weighted by atomic mass is 10.3. The van der Waals surface area contributed by atoms with E-state index >= 15 is 0 Å². The molecule has 128 valence electrons. The number of benzene rings is 1. The van der Waals surface area contributed by atoms with Crippen molar-refractivity contribution in [2.45, 2.75) is 12.0 Å². The zero-order valence-corrected chi connectivity index (χ0v) is 15.1. The average molecular weight is 438 g/mol. The van der Waals surface area contributed by atoms with Crippen LogP contribution in [0.25, 0.3) is 0 Å². The Morgan fingerprint density at radius 3 is 2.75 bits per heavy atom. The molecule has 24 heavy (non-hydrogen) atoms. The number of anilines is 1. The van der Waals surface area contributed by atoms with Gasteiger partial charge in [-0.1, -0.05) is 0 Å². The average Bonchev–Trinajstić information content (AvgIpc) is 2.99. The summed E-state index contributed by atoms with van der Waals surface area (Å²) in [6, 6.07) is 5.75. The zero-order valence-electron chi connectivity index (χ0n) is 11.9. The van der Waals surface area contributed by atoms with Gasteiger partial charge in [-0.2, -0.15) is 0 Å². The molecule has 0 spiro atoms. The van der Waals surface area contributed by atoms with Crippen molar-refractivity contribution in [3.63, 3.8) is 0 Å². The summed E-state index contributed by atoms with van der Waals surface area (Å²) < 4.78 is 47.4. The largest absolute Gasteiger partial charge is 0.586 e. The molecule has 3 rings (SSSR count). The Morgan fingerprint density at radius 2 is 2.04 bits per heavy atom. The number of carbonyl (C=O) groups excluding carboxylic acids is 1. The van der Waals surface area contributed by atoms with Gasteiger partial charge in [0.25, 0.3) is 0 Å². The second-order valence-corrected chi connectivity index (χ2v) is 8.61. The molecule has 0 fully saturated rings. The molecule has 2 heterocycles. The van der Waals surface area contributed by atoms with E-state index in [1.165, 1.54) is 29.5 Å². The van der Waals surface area contributed by atoms with Crippen molar-refractivity contribution < 1.29 is 27.3 Å². The first kappa shape index (κ1) is 17.3. The van der Waals surface area contributed by atoms with Crippen molar-refractivity contribution >= 4 is 49.7 Å². The van der Waals surface area contributed by atoms with E-state index in [4.69, 9.17) is 0 Å². The quantitative estimate of drug-likeness (QED) is 0.773. The van der Waals surface area contributed by atoms with Gasteiger partial charge in [-0.3, -0.25) is 9.00 Å². The standard InChI is InChI=1S/C14H10BrF2NO4S2/c15-12-3-8(5-23-12)6-24(20)7-13(19)18-9-1-2-10-11(4-9)22-14(16,17)21-10/h1-5H,6-7H2,(H,18,19)/t24-/m0/s1. The van der Waals surface area contributed by atoms with Gasteiger partial charge < -0.3 is 14.8 Å². The smallest absolute Gasteiger partial charge is 0.395 e. The minimum atomic E-state index is -3.71. The minimum absolute atomic E-state index is 0.107. The molecular formula is C14H10BrF2NO4S2. The van der Waals surface area contributed by atoms with Gasteiger partial charge in [-0.25, -0.2) is 0 Å². The summed E-state index contributed by atoms with van der Waals surface area (Å²) in [6.07, 6.45) is -3.71. The van der Waals surface area contributed by atoms with E-state index < -0.39 is 23.0 Å². The van der Waals surface area contributed by atoms with Crippen LogP contribution in [0.2, 0.25) is 0 Å². The van der Waals surface area contributed by atoms with Crippen molar-refractivity contribution in [3.8, 4) is 11.5 Å². The summed E-state index contributed by atoms with van der Waals surface area (Å²) in [5.74, 6) is -0.680. The molecule has 1 aromatic heterocycles. The van der Waals surface area contributed by atoms with Crippen LogP contribution in [0.4, 0.5) is 14.5 Å². The highest BCUT2D eigenvalue weighted by molar-refractivity contribution is 9.11. The number of carbonyl (C=O) groups is 1. The van der Waals surface area contributed by atoms with Crippen LogP contribution in [0, 0.1) is 0 Å². The van der Waals surface area contributed by atoms with Crippen LogP contribution in [0.1, 0.15) is 5.56 Å². The van der Waals surface area contributed by atoms with E-state index in [9.17, 15) is 17.8 Å². The van der Waals surface area contributed by atoms with Gasteiger partial charge in [0.2, 0.25) is 5.91 Å². The van der Waals surface area contributed by atoms with E-state index in [-0.39, 0.29) is 28.7 Å². The van der Waals surface area contributed by atoms with E-state index in [0.29, 0.717) is 0 Å². The summed E-state index contributed by atoms with van der Waals surface area (Å²) in [4.78, 5) is 11.9. The first-order chi connectivity index (χ1) is 11.3. The zero-order chi connectivity index (χ0) is 17.3. The first-order valence-electron chi connectivity index (χ1n) is 6.58. The number of fused-ring (bicyclic) bond motifs is 1. The van der Waals surface area contributed by atoms with E-state index in [1.54, 1.807) is 0 Å². The molecule has 2 aromatic rings. The molecule has 1 aliphatic rings. The molecule has 0 radical (unpaired) electrons. The maximum absolute atomic E-state index is 12.9. The number of rotatable bonds is 5. The third kappa shape index (κ3) is 4.31. The van der Waals surface area contributed by atoms with E-state index in [2.05, 4.69) is 30.7 Å². The van der Waals surface area contributed by atoms with Gasteiger partial charge in [0.05, 0.1) is 3.79 Å². The van der Waals surface area contributed by atoms with Gasteiger partial charge in [0, 0.05) is 28.3 Å². The Labute approximate surface area is 150 Å². The molecule has 10 heteroatoms. The van der Waals surface area contributed by atoms with Crippen molar-refractivity contribution in [1.82, 2.24) is 0 Å². The summed E-state index contributed by atoms with van der Waals surface area (Å²) in [6.45, 7) is 0. The van der Waals surface area contributed by atoms with Crippen LogP contribution in [-0.4, -0.2) is 22.2 Å². The summed E-state index contributed by atoms with van der Waals surface area (Å²) in [7, 11) is -1.38. The Morgan fingerprint density at radius 1 is 1.29 bits per heavy atom. The molecule has 1 atom stereocenters. The van der Waals surface area contributed by atoms with Crippen LogP contribution in [-0.2, 0) is 21.3 Å². The minimum Gasteiger partial charge on any atom is -0.395 e. The Hall–Kier alpha value is -1.52. The third-order valence-electron chi connectivity index (χ3n) is 2.93. The molecule has 0 saturated heterocycles. The highest BCUT2D eigenvalue weighted by Crippen LogP contribution is 2.42. The van der Waals surface area contributed by atoms with Gasteiger partial charge >= 0.3 is 6.29 Å². The molecule has 1 N–H and O–H groups in total. The molecular weight excluding hydrogens is 428 g/mol. The van der Waals surface area contributed by atoms with E-state index in [1.807, 2.05) is 11.4 Å². The highest BCUT2D eigenvalue weighted by atomic mass is 79.9. The summed E-state index contributed by atoms with van der Waals surface area (Å²) in [5.41, 5.74) is 1.14. The maximum atomic E-state index is 12.9. The molecule has 0 unspecified atom stereocenters. The number of halogens is 3. The lowest BCUT2D eigenvalue weighted by molar-refractivity contribution is -0.286. The Bertz CT molecular complexity index is 812. The fraction of sp³-hybridized carbons (Fsp3) is 0.214. The van der Waals surface area contributed by atoms with E-state index in [0.717, 1.165) is 9.35 Å². The molecule has 0 saturated carbocycles. The van der Waals surface area contributed by atoms with Crippen LogP contribution in [0.5, 0.6) is 11.5 Å². The lowest BCUT2D eigenvalue weighted by Crippen LogP contribution is -2.25. The predicted molar refractivity (Wildman–Crippen MR) is 90.0 cm³/mol. The fourth-order valence-electron chi connectivity index (χ4n) is 2.03. The Kier molecular flexibility index (Phi) is 4.88. The third-order valence-corrected chi connectivity index (χ3v) is 5.72. The normalized spacial score (nSPS) is 16.0. The van der Waals surface area contributed by atoms with Gasteiger partial charge in [-0.15, -0.1) is 20.1 Å². The number of ether oxygens (including phenoxy) is 2. The summed E-state index contributed by atoms with van der Waals surface area (Å²) in [5, 5.41) is 4.36. The topological polar surface area (TPSA) is 64.6 Å². The highest BCUT2D eigenvalue weighted by Gasteiger charge is 2.43. The summed E-state index contributed by atoms with van der Waals surface area (Å²) >= 11 is 4.79. The molecule has 0 bridgehead atoms. The van der Waals surface area contributed by atoms with Crippen LogP contribution in [0.3, 0.4) is 0 Å². The van der Waals surface area contributed by atoms with Crippen molar-refractivity contribution in [2.24, 2.45) is 0 Å². The first-order valence-corrected chi connectivity index (χ1v) is 9.74. The number of nitrogens with one attached hydrogen (secondary N) is 1. The van der Waals surface area contributed by atoms with Gasteiger partial charge in [-0.05, 0) is 45.1 Å². The number of thiophene rings is 1. The predicted octanol–water partition coefficient (Wildman–Crippen LogP) is 3.72. The monoisotopic (exact) mass is 437 g/mol. The maximum Gasteiger partial charge on any atom is 0.586 e. The number of amides is 1. The van der Waals surface area contributed by atoms with Crippen LogP contribution >= 0.6 is 27.3 Å². The number of alkyl halides is 2.